The van der Waals surface area contributed by atoms with Crippen LogP contribution in [-0.4, -0.2) is 22.6 Å². The number of nitro benzene ring substituents is 1. The normalized spacial score (nSPS) is 35.7. The van der Waals surface area contributed by atoms with Gasteiger partial charge in [0.25, 0.3) is 5.69 Å². The number of allylic oxidation sites excluding steroid dienone is 1. The van der Waals surface area contributed by atoms with E-state index in [1.807, 2.05) is 13.0 Å². The van der Waals surface area contributed by atoms with Crippen molar-refractivity contribution >= 4 is 23.3 Å². The highest BCUT2D eigenvalue weighted by Gasteiger charge is 2.59. The van der Waals surface area contributed by atoms with Gasteiger partial charge in [-0.2, -0.15) is 0 Å². The molecule has 0 bridgehead atoms. The first-order chi connectivity index (χ1) is 17.1. The summed E-state index contributed by atoms with van der Waals surface area (Å²) in [6, 6.07) is 5.24. The highest BCUT2D eigenvalue weighted by Crippen LogP contribution is 2.66. The lowest BCUT2D eigenvalue weighted by molar-refractivity contribution is -0.384. The van der Waals surface area contributed by atoms with Crippen LogP contribution in [0.1, 0.15) is 72.1 Å². The van der Waals surface area contributed by atoms with Crippen LogP contribution in [0.4, 0.5) is 10.5 Å². The average molecular weight is 495 g/mol. The van der Waals surface area contributed by atoms with E-state index in [2.05, 4.69) is 19.0 Å². The van der Waals surface area contributed by atoms with E-state index in [1.165, 1.54) is 29.8 Å². The SMILES string of the molecule is C/C(=N\OC(=O)Oc1ccc([N+](=O)[O-])cc1)[C@H]1CCC2C3CCC4=CC(=O)CC[C@]4(C)C3CC[C@@]21C. The Balaban J connectivity index is 1.25. The Labute approximate surface area is 211 Å². The van der Waals surface area contributed by atoms with Gasteiger partial charge in [0, 0.05) is 24.5 Å². The number of nitro groups is 1. The third-order valence-corrected chi connectivity index (χ3v) is 9.98. The first-order valence-electron chi connectivity index (χ1n) is 13.0. The van der Waals surface area contributed by atoms with Crippen LogP contribution in [0.25, 0.3) is 0 Å². The fourth-order valence-corrected chi connectivity index (χ4v) is 8.17. The standard InChI is InChI=1S/C28H34N2O6/c1-17(29-36-26(32)35-21-7-5-19(6-8-21)30(33)34)23-10-11-24-22-9-4-18-16-20(31)12-14-27(18,2)25(22)13-15-28(23,24)3/h5-8,16,22-25H,4,9-15H2,1-3H3/b29-17+/t22?,23-,24?,25?,27+,28-/m1/s1. The maximum atomic E-state index is 12.2. The van der Waals surface area contributed by atoms with Crippen LogP contribution in [0.5, 0.6) is 5.75 Å². The number of hydrogen-bond donors (Lipinski definition) is 0. The molecule has 0 amide bonds. The van der Waals surface area contributed by atoms with Gasteiger partial charge in [-0.1, -0.05) is 24.6 Å². The summed E-state index contributed by atoms with van der Waals surface area (Å²) in [6.45, 7) is 6.71. The quantitative estimate of drug-likeness (QED) is 0.116. The molecule has 8 heteroatoms. The number of carbonyl (C=O) groups excluding carboxylic acids is 2. The summed E-state index contributed by atoms with van der Waals surface area (Å²) in [6.07, 6.45) is 9.28. The molecule has 4 aliphatic carbocycles. The molecule has 3 unspecified atom stereocenters. The molecule has 4 aliphatic rings. The van der Waals surface area contributed by atoms with Crippen LogP contribution in [0.3, 0.4) is 0 Å². The Morgan fingerprint density at radius 2 is 1.81 bits per heavy atom. The Hall–Kier alpha value is -3.03. The van der Waals surface area contributed by atoms with Crippen molar-refractivity contribution in [3.8, 4) is 5.75 Å². The Kier molecular flexibility index (Phi) is 6.25. The summed E-state index contributed by atoms with van der Waals surface area (Å²) in [5.74, 6) is 2.59. The molecule has 0 N–H and O–H groups in total. The second-order valence-electron chi connectivity index (χ2n) is 11.6. The molecule has 1 aromatic carbocycles. The average Bonchev–Trinajstić information content (AvgIpc) is 3.20. The molecule has 0 radical (unpaired) electrons. The largest absolute Gasteiger partial charge is 0.540 e. The summed E-state index contributed by atoms with van der Waals surface area (Å²) in [4.78, 5) is 39.6. The molecule has 5 rings (SSSR count). The fraction of sp³-hybridized carbons (Fsp3) is 0.607. The van der Waals surface area contributed by atoms with Gasteiger partial charge < -0.3 is 4.74 Å². The molecule has 0 aromatic heterocycles. The van der Waals surface area contributed by atoms with Crippen LogP contribution in [0, 0.1) is 44.6 Å². The second kappa shape index (κ2) is 9.12. The molecule has 0 spiro atoms. The van der Waals surface area contributed by atoms with E-state index < -0.39 is 11.1 Å². The highest BCUT2D eigenvalue weighted by atomic mass is 16.8. The summed E-state index contributed by atoms with van der Waals surface area (Å²) >= 11 is 0. The first kappa shape index (κ1) is 24.7. The maximum absolute atomic E-state index is 12.2. The van der Waals surface area contributed by atoms with Gasteiger partial charge in [0.05, 0.1) is 10.6 Å². The summed E-state index contributed by atoms with van der Waals surface area (Å²) in [7, 11) is 0. The Bertz CT molecular complexity index is 1140. The van der Waals surface area contributed by atoms with Gasteiger partial charge >= 0.3 is 6.16 Å². The van der Waals surface area contributed by atoms with Gasteiger partial charge in [0.2, 0.25) is 0 Å². The summed E-state index contributed by atoms with van der Waals surface area (Å²) in [5.41, 5.74) is 2.38. The van der Waals surface area contributed by atoms with Crippen molar-refractivity contribution in [2.45, 2.75) is 72.1 Å². The zero-order valence-corrected chi connectivity index (χ0v) is 21.2. The third kappa shape index (κ3) is 4.14. The number of ketones is 1. The lowest BCUT2D eigenvalue weighted by Gasteiger charge is -2.58. The monoisotopic (exact) mass is 494 g/mol. The van der Waals surface area contributed by atoms with Gasteiger partial charge in [0.15, 0.2) is 5.78 Å². The molecular formula is C28H34N2O6. The summed E-state index contributed by atoms with van der Waals surface area (Å²) < 4.78 is 5.11. The number of nitrogens with zero attached hydrogens (tertiary/aromatic N) is 2. The van der Waals surface area contributed by atoms with Crippen molar-refractivity contribution in [2.24, 2.45) is 39.7 Å². The molecule has 36 heavy (non-hydrogen) atoms. The Morgan fingerprint density at radius 1 is 1.06 bits per heavy atom. The molecule has 3 fully saturated rings. The Morgan fingerprint density at radius 3 is 2.53 bits per heavy atom. The minimum atomic E-state index is -0.960. The van der Waals surface area contributed by atoms with E-state index in [-0.39, 0.29) is 28.2 Å². The van der Waals surface area contributed by atoms with Crippen molar-refractivity contribution in [3.05, 3.63) is 46.0 Å². The second-order valence-corrected chi connectivity index (χ2v) is 11.6. The molecule has 0 aliphatic heterocycles. The zero-order valence-electron chi connectivity index (χ0n) is 21.2. The fourth-order valence-electron chi connectivity index (χ4n) is 8.17. The molecule has 1 aromatic rings. The van der Waals surface area contributed by atoms with Gasteiger partial charge in [0.1, 0.15) is 5.75 Å². The van der Waals surface area contributed by atoms with Gasteiger partial charge in [-0.3, -0.25) is 19.7 Å². The van der Waals surface area contributed by atoms with Crippen LogP contribution in [-0.2, 0) is 9.63 Å². The lowest BCUT2D eigenvalue weighted by Crippen LogP contribution is -2.51. The number of fused-ring (bicyclic) bond motifs is 5. The highest BCUT2D eigenvalue weighted by molar-refractivity contribution is 5.91. The van der Waals surface area contributed by atoms with Crippen molar-refractivity contribution in [2.75, 3.05) is 0 Å². The van der Waals surface area contributed by atoms with Gasteiger partial charge in [-0.25, -0.2) is 4.79 Å². The van der Waals surface area contributed by atoms with Crippen LogP contribution in [0.2, 0.25) is 0 Å². The number of non-ortho nitro benzene ring substituents is 1. The van der Waals surface area contributed by atoms with E-state index in [0.29, 0.717) is 30.0 Å². The molecule has 8 nitrogen and oxygen atoms in total. The number of carbonyl (C=O) groups is 2. The smallest absolute Gasteiger partial charge is 0.393 e. The number of ether oxygens (including phenoxy) is 1. The van der Waals surface area contributed by atoms with Crippen LogP contribution < -0.4 is 4.74 Å². The predicted molar refractivity (Wildman–Crippen MR) is 134 cm³/mol. The predicted octanol–water partition coefficient (Wildman–Crippen LogP) is 6.63. The first-order valence-corrected chi connectivity index (χ1v) is 13.0. The number of benzene rings is 1. The van der Waals surface area contributed by atoms with E-state index in [4.69, 9.17) is 9.57 Å². The summed E-state index contributed by atoms with van der Waals surface area (Å²) in [5, 5.41) is 14.9. The number of hydrogen-bond acceptors (Lipinski definition) is 7. The molecular weight excluding hydrogens is 460 g/mol. The van der Waals surface area contributed by atoms with Crippen LogP contribution >= 0.6 is 0 Å². The zero-order chi connectivity index (χ0) is 25.7. The molecule has 0 saturated heterocycles. The van der Waals surface area contributed by atoms with E-state index in [9.17, 15) is 19.7 Å². The third-order valence-electron chi connectivity index (χ3n) is 9.98. The molecule has 192 valence electrons. The maximum Gasteiger partial charge on any atom is 0.540 e. The van der Waals surface area contributed by atoms with E-state index in [0.717, 1.165) is 50.7 Å². The van der Waals surface area contributed by atoms with Crippen LogP contribution in [0.15, 0.2) is 41.1 Å². The topological polar surface area (TPSA) is 108 Å². The van der Waals surface area contributed by atoms with Gasteiger partial charge in [-0.05, 0) is 98.7 Å². The minimum absolute atomic E-state index is 0.0838. The minimum Gasteiger partial charge on any atom is -0.393 e. The number of oxime groups is 1. The van der Waals surface area contributed by atoms with E-state index >= 15 is 0 Å². The van der Waals surface area contributed by atoms with Gasteiger partial charge in [-0.15, -0.1) is 0 Å². The molecule has 6 atom stereocenters. The van der Waals surface area contributed by atoms with E-state index in [1.54, 1.807) is 0 Å². The molecule has 0 heterocycles. The number of rotatable bonds is 4. The van der Waals surface area contributed by atoms with Crippen molar-refractivity contribution < 1.29 is 24.1 Å². The molecule has 3 saturated carbocycles. The van der Waals surface area contributed by atoms with Crippen molar-refractivity contribution in [1.29, 1.82) is 0 Å². The van der Waals surface area contributed by atoms with Crippen molar-refractivity contribution in [1.82, 2.24) is 0 Å². The van der Waals surface area contributed by atoms with Crippen molar-refractivity contribution in [3.63, 3.8) is 0 Å². The lowest BCUT2D eigenvalue weighted by atomic mass is 9.46.